The van der Waals surface area contributed by atoms with E-state index >= 15 is 8.78 Å². The SMILES string of the molecule is C[C@]1(c2cnc(-c3cc(Oc4c(F)cc5[nH]ccc5c4S(C)(=O)=O)ccc3F)[nH]2)COc2c(CCC(=O)O)cccc21. The summed E-state index contributed by atoms with van der Waals surface area (Å²) >= 11 is 0. The van der Waals surface area contributed by atoms with Gasteiger partial charge in [0, 0.05) is 53.3 Å². The van der Waals surface area contributed by atoms with Crippen LogP contribution < -0.4 is 9.47 Å². The summed E-state index contributed by atoms with van der Waals surface area (Å²) in [7, 11) is -3.91. The van der Waals surface area contributed by atoms with E-state index in [0.717, 1.165) is 29.5 Å². The third-order valence-corrected chi connectivity index (χ3v) is 8.62. The number of rotatable bonds is 8. The zero-order chi connectivity index (χ0) is 29.8. The molecule has 5 aromatic rings. The number of carbonyl (C=O) groups is 1. The molecule has 0 spiro atoms. The van der Waals surface area contributed by atoms with Gasteiger partial charge in [-0.05, 0) is 43.2 Å². The Labute approximate surface area is 239 Å². The van der Waals surface area contributed by atoms with Gasteiger partial charge in [0.25, 0.3) is 0 Å². The topological polar surface area (TPSA) is 134 Å². The molecular weight excluding hydrogens is 568 g/mol. The van der Waals surface area contributed by atoms with Crippen molar-refractivity contribution in [3.8, 4) is 28.6 Å². The molecule has 0 amide bonds. The highest BCUT2D eigenvalue weighted by atomic mass is 32.2. The van der Waals surface area contributed by atoms with Gasteiger partial charge in [-0.1, -0.05) is 18.2 Å². The summed E-state index contributed by atoms with van der Waals surface area (Å²) in [5.41, 5.74) is 1.92. The fraction of sp³-hybridized carbons (Fsp3) is 0.200. The molecule has 3 heterocycles. The number of para-hydroxylation sites is 1. The Morgan fingerprint density at radius 3 is 2.74 bits per heavy atom. The number of H-pyrrole nitrogens is 2. The normalized spacial score (nSPS) is 16.4. The summed E-state index contributed by atoms with van der Waals surface area (Å²) in [6, 6.07) is 11.9. The maximum Gasteiger partial charge on any atom is 0.303 e. The third-order valence-electron chi connectivity index (χ3n) is 7.48. The van der Waals surface area contributed by atoms with E-state index in [1.807, 2.05) is 25.1 Å². The van der Waals surface area contributed by atoms with Gasteiger partial charge in [-0.2, -0.15) is 0 Å². The lowest BCUT2D eigenvalue weighted by Crippen LogP contribution is -2.25. The van der Waals surface area contributed by atoms with Gasteiger partial charge in [-0.25, -0.2) is 22.2 Å². The van der Waals surface area contributed by atoms with Gasteiger partial charge in [0.15, 0.2) is 21.4 Å². The van der Waals surface area contributed by atoms with Gasteiger partial charge in [0.1, 0.15) is 34.6 Å². The molecule has 0 bridgehead atoms. The number of carboxylic acids is 1. The average molecular weight is 594 g/mol. The number of halogens is 2. The second-order valence-electron chi connectivity index (χ2n) is 10.4. The third kappa shape index (κ3) is 4.67. The summed E-state index contributed by atoms with van der Waals surface area (Å²) < 4.78 is 67.1. The summed E-state index contributed by atoms with van der Waals surface area (Å²) in [4.78, 5) is 21.1. The highest BCUT2D eigenvalue weighted by Crippen LogP contribution is 2.45. The van der Waals surface area contributed by atoms with Crippen LogP contribution in [0.5, 0.6) is 17.2 Å². The number of ether oxygens (including phenoxy) is 2. The molecule has 1 aliphatic heterocycles. The summed E-state index contributed by atoms with van der Waals surface area (Å²) in [5, 5.41) is 9.36. The van der Waals surface area contributed by atoms with Crippen LogP contribution in [-0.4, -0.2) is 47.3 Å². The molecule has 2 aromatic heterocycles. The molecule has 42 heavy (non-hydrogen) atoms. The van der Waals surface area contributed by atoms with Crippen molar-refractivity contribution in [2.24, 2.45) is 0 Å². The van der Waals surface area contributed by atoms with Crippen LogP contribution in [-0.2, 0) is 26.5 Å². The number of nitrogens with zero attached hydrogens (tertiary/aromatic N) is 1. The zero-order valence-electron chi connectivity index (χ0n) is 22.5. The van der Waals surface area contributed by atoms with Crippen LogP contribution >= 0.6 is 0 Å². The predicted octanol–water partition coefficient (Wildman–Crippen LogP) is 5.75. The smallest absolute Gasteiger partial charge is 0.303 e. The molecule has 6 rings (SSSR count). The van der Waals surface area contributed by atoms with Crippen molar-refractivity contribution in [1.82, 2.24) is 15.0 Å². The van der Waals surface area contributed by atoms with Crippen molar-refractivity contribution < 1.29 is 36.6 Å². The number of aromatic amines is 2. The zero-order valence-corrected chi connectivity index (χ0v) is 23.3. The number of hydrogen-bond donors (Lipinski definition) is 3. The Balaban J connectivity index is 1.35. The molecule has 1 aliphatic rings. The van der Waals surface area contributed by atoms with Crippen LogP contribution in [0.25, 0.3) is 22.3 Å². The van der Waals surface area contributed by atoms with Crippen LogP contribution in [0.4, 0.5) is 8.78 Å². The van der Waals surface area contributed by atoms with Crippen LogP contribution in [0.1, 0.15) is 30.2 Å². The molecule has 0 radical (unpaired) electrons. The van der Waals surface area contributed by atoms with Gasteiger partial charge < -0.3 is 24.5 Å². The van der Waals surface area contributed by atoms with Crippen molar-refractivity contribution in [2.45, 2.75) is 30.1 Å². The molecule has 216 valence electrons. The van der Waals surface area contributed by atoms with Gasteiger partial charge in [0.2, 0.25) is 0 Å². The van der Waals surface area contributed by atoms with Crippen LogP contribution in [0.15, 0.2) is 65.8 Å². The Morgan fingerprint density at radius 2 is 1.98 bits per heavy atom. The molecule has 12 heteroatoms. The van der Waals surface area contributed by atoms with Crippen molar-refractivity contribution in [3.05, 3.63) is 89.4 Å². The molecule has 9 nitrogen and oxygen atoms in total. The number of sulfone groups is 1. The Morgan fingerprint density at radius 1 is 1.17 bits per heavy atom. The number of aryl methyl sites for hydroxylation is 1. The van der Waals surface area contributed by atoms with E-state index in [9.17, 15) is 13.2 Å². The number of hydrogen-bond acceptors (Lipinski definition) is 6. The largest absolute Gasteiger partial charge is 0.492 e. The molecule has 3 N–H and O–H groups in total. The fourth-order valence-corrected chi connectivity index (χ4v) is 6.39. The lowest BCUT2D eigenvalue weighted by atomic mass is 9.81. The Bertz CT molecular complexity index is 1980. The van der Waals surface area contributed by atoms with Crippen molar-refractivity contribution >= 4 is 26.7 Å². The first-order valence-corrected chi connectivity index (χ1v) is 14.8. The van der Waals surface area contributed by atoms with Gasteiger partial charge in [0.05, 0.1) is 11.0 Å². The average Bonchev–Trinajstić information content (AvgIpc) is 3.68. The number of aromatic nitrogens is 3. The van der Waals surface area contributed by atoms with Gasteiger partial charge in [-0.15, -0.1) is 0 Å². The van der Waals surface area contributed by atoms with E-state index in [1.165, 1.54) is 24.4 Å². The minimum Gasteiger partial charge on any atom is -0.492 e. The maximum atomic E-state index is 15.1. The first-order chi connectivity index (χ1) is 20.0. The number of nitrogens with one attached hydrogen (secondary N) is 2. The van der Waals surface area contributed by atoms with E-state index in [1.54, 1.807) is 6.20 Å². The van der Waals surface area contributed by atoms with Gasteiger partial charge in [-0.3, -0.25) is 4.79 Å². The van der Waals surface area contributed by atoms with Crippen molar-refractivity contribution in [2.75, 3.05) is 12.9 Å². The standard InChI is InChI=1S/C30H25F2N3O6S/c1-30(15-40-26-16(6-9-25(36)37)4-3-5-20(26)30)24-14-34-29(35-24)19-12-17(7-8-21(19)31)41-27-22(32)13-23-18(10-11-33-23)28(27)42(2,38)39/h3-5,7-8,10-14,33H,6,9,15H2,1-2H3,(H,34,35)(H,36,37)/t30-/m0/s1. The minimum atomic E-state index is -3.91. The first-order valence-electron chi connectivity index (χ1n) is 13.0. The van der Waals surface area contributed by atoms with E-state index < -0.39 is 38.6 Å². The van der Waals surface area contributed by atoms with Crippen molar-refractivity contribution in [3.63, 3.8) is 0 Å². The summed E-state index contributed by atoms with van der Waals surface area (Å²) in [6.45, 7) is 2.20. The molecule has 0 saturated heterocycles. The molecule has 0 saturated carbocycles. The lowest BCUT2D eigenvalue weighted by Gasteiger charge is -2.21. The number of aliphatic carboxylic acids is 1. The first kappa shape index (κ1) is 27.5. The Hall–Kier alpha value is -4.71. The lowest BCUT2D eigenvalue weighted by molar-refractivity contribution is -0.136. The number of benzene rings is 3. The quantitative estimate of drug-likeness (QED) is 0.209. The van der Waals surface area contributed by atoms with E-state index in [4.69, 9.17) is 14.6 Å². The fourth-order valence-electron chi connectivity index (χ4n) is 5.34. The molecular formula is C30H25F2N3O6S. The molecule has 1 atom stereocenters. The second-order valence-corrected chi connectivity index (χ2v) is 12.4. The molecule has 0 fully saturated rings. The molecule has 0 unspecified atom stereocenters. The number of fused-ring (bicyclic) bond motifs is 2. The van der Waals surface area contributed by atoms with Crippen LogP contribution in [0.2, 0.25) is 0 Å². The molecule has 0 aliphatic carbocycles. The predicted molar refractivity (Wildman–Crippen MR) is 150 cm³/mol. The van der Waals surface area contributed by atoms with E-state index in [0.29, 0.717) is 23.4 Å². The molecule has 3 aromatic carbocycles. The van der Waals surface area contributed by atoms with E-state index in [-0.39, 0.29) is 40.4 Å². The van der Waals surface area contributed by atoms with Crippen molar-refractivity contribution in [1.29, 1.82) is 0 Å². The maximum absolute atomic E-state index is 15.1. The summed E-state index contributed by atoms with van der Waals surface area (Å²) in [6.07, 6.45) is 4.32. The van der Waals surface area contributed by atoms with Gasteiger partial charge >= 0.3 is 5.97 Å². The second kappa shape index (κ2) is 9.98. The van der Waals surface area contributed by atoms with Crippen LogP contribution in [0, 0.1) is 11.6 Å². The minimum absolute atomic E-state index is 0.00636. The van der Waals surface area contributed by atoms with E-state index in [2.05, 4.69) is 15.0 Å². The van der Waals surface area contributed by atoms with Crippen LogP contribution in [0.3, 0.4) is 0 Å². The highest BCUT2D eigenvalue weighted by molar-refractivity contribution is 7.91. The number of imidazole rings is 1. The monoisotopic (exact) mass is 593 g/mol. The highest BCUT2D eigenvalue weighted by Gasteiger charge is 2.40. The summed E-state index contributed by atoms with van der Waals surface area (Å²) in [5.74, 6) is -2.11. The Kier molecular flexibility index (Phi) is 6.53. The number of carboxylic acid groups (broad SMARTS) is 1.